The molecule has 0 atom stereocenters. The predicted octanol–water partition coefficient (Wildman–Crippen LogP) is 1.51. The lowest BCUT2D eigenvalue weighted by Crippen LogP contribution is -2.38. The third-order valence-corrected chi connectivity index (χ3v) is 3.89. The Kier molecular flexibility index (Phi) is 5.16. The van der Waals surface area contributed by atoms with Gasteiger partial charge in [-0.05, 0) is 26.0 Å². The van der Waals surface area contributed by atoms with Crippen molar-refractivity contribution < 1.29 is 9.53 Å². The molecule has 0 unspecified atom stereocenters. The normalized spacial score (nSPS) is 16.7. The summed E-state index contributed by atoms with van der Waals surface area (Å²) in [5.74, 6) is 0.0429. The Balaban J connectivity index is 1.61. The van der Waals surface area contributed by atoms with Crippen LogP contribution in [0.4, 0.5) is 0 Å². The summed E-state index contributed by atoms with van der Waals surface area (Å²) < 4.78 is 5.29. The van der Waals surface area contributed by atoms with E-state index < -0.39 is 0 Å². The van der Waals surface area contributed by atoms with Crippen molar-refractivity contribution in [3.05, 3.63) is 21.9 Å². The molecular formula is C13H20N2O2S. The van der Waals surface area contributed by atoms with E-state index in [4.69, 9.17) is 4.74 Å². The summed E-state index contributed by atoms with van der Waals surface area (Å²) in [7, 11) is 0. The maximum atomic E-state index is 11.8. The van der Waals surface area contributed by atoms with Gasteiger partial charge in [-0.15, -0.1) is 11.3 Å². The van der Waals surface area contributed by atoms with Gasteiger partial charge in [0.25, 0.3) is 5.91 Å². The van der Waals surface area contributed by atoms with E-state index in [2.05, 4.69) is 10.2 Å². The van der Waals surface area contributed by atoms with Crippen LogP contribution in [0.25, 0.3) is 0 Å². The largest absolute Gasteiger partial charge is 0.379 e. The maximum Gasteiger partial charge on any atom is 0.252 e. The average Bonchev–Trinajstić information content (AvgIpc) is 2.82. The zero-order valence-electron chi connectivity index (χ0n) is 10.8. The molecule has 0 aliphatic carbocycles. The summed E-state index contributed by atoms with van der Waals surface area (Å²) in [5, 5.41) is 4.87. The molecule has 18 heavy (non-hydrogen) atoms. The molecule has 1 saturated heterocycles. The maximum absolute atomic E-state index is 11.8. The number of hydrogen-bond donors (Lipinski definition) is 1. The molecule has 0 spiro atoms. The first-order valence-electron chi connectivity index (χ1n) is 6.39. The monoisotopic (exact) mass is 268 g/mol. The van der Waals surface area contributed by atoms with Crippen LogP contribution in [0.5, 0.6) is 0 Å². The van der Waals surface area contributed by atoms with E-state index in [1.165, 1.54) is 4.88 Å². The second-order valence-electron chi connectivity index (χ2n) is 4.51. The molecule has 1 N–H and O–H groups in total. The number of ether oxygens (including phenoxy) is 1. The molecule has 2 rings (SSSR count). The molecule has 0 bridgehead atoms. The Morgan fingerprint density at radius 2 is 2.28 bits per heavy atom. The highest BCUT2D eigenvalue weighted by Crippen LogP contribution is 2.12. The molecule has 2 heterocycles. The number of carbonyl (C=O) groups excluding carboxylic acids is 1. The van der Waals surface area contributed by atoms with Gasteiger partial charge < -0.3 is 10.1 Å². The molecule has 1 aromatic rings. The fourth-order valence-corrected chi connectivity index (χ4v) is 2.68. The van der Waals surface area contributed by atoms with Crippen molar-refractivity contribution in [2.24, 2.45) is 0 Å². The zero-order valence-corrected chi connectivity index (χ0v) is 11.6. The van der Waals surface area contributed by atoms with Gasteiger partial charge in [-0.25, -0.2) is 0 Å². The van der Waals surface area contributed by atoms with Gasteiger partial charge in [0.2, 0.25) is 0 Å². The number of thiophene rings is 1. The lowest BCUT2D eigenvalue weighted by molar-refractivity contribution is 0.0374. The minimum atomic E-state index is 0.0429. The van der Waals surface area contributed by atoms with Crippen molar-refractivity contribution in [3.63, 3.8) is 0 Å². The molecule has 5 heteroatoms. The van der Waals surface area contributed by atoms with Crippen LogP contribution in [0, 0.1) is 6.92 Å². The quantitative estimate of drug-likeness (QED) is 0.823. The molecule has 4 nitrogen and oxygen atoms in total. The summed E-state index contributed by atoms with van der Waals surface area (Å²) >= 11 is 1.61. The van der Waals surface area contributed by atoms with Crippen molar-refractivity contribution in [2.45, 2.75) is 13.3 Å². The molecule has 0 saturated carbocycles. The first kappa shape index (κ1) is 13.5. The highest BCUT2D eigenvalue weighted by molar-refractivity contribution is 7.10. The lowest BCUT2D eigenvalue weighted by Gasteiger charge is -2.26. The number of carbonyl (C=O) groups is 1. The van der Waals surface area contributed by atoms with E-state index in [-0.39, 0.29) is 5.91 Å². The van der Waals surface area contributed by atoms with Crippen LogP contribution in [0.1, 0.15) is 21.7 Å². The average molecular weight is 268 g/mol. The van der Waals surface area contributed by atoms with Gasteiger partial charge in [0.1, 0.15) is 0 Å². The van der Waals surface area contributed by atoms with Gasteiger partial charge in [0.15, 0.2) is 0 Å². The van der Waals surface area contributed by atoms with Gasteiger partial charge in [0, 0.05) is 29.9 Å². The van der Waals surface area contributed by atoms with Crippen LogP contribution in [0.3, 0.4) is 0 Å². The summed E-state index contributed by atoms with van der Waals surface area (Å²) in [6.45, 7) is 7.48. The van der Waals surface area contributed by atoms with Crippen molar-refractivity contribution in [1.29, 1.82) is 0 Å². The van der Waals surface area contributed by atoms with Gasteiger partial charge in [-0.3, -0.25) is 9.69 Å². The number of morpholine rings is 1. The molecule has 1 aliphatic rings. The van der Waals surface area contributed by atoms with Crippen molar-refractivity contribution >= 4 is 17.2 Å². The highest BCUT2D eigenvalue weighted by Gasteiger charge is 2.10. The van der Waals surface area contributed by atoms with E-state index in [9.17, 15) is 4.79 Å². The Bertz CT molecular complexity index is 386. The zero-order chi connectivity index (χ0) is 12.8. The molecule has 1 fully saturated rings. The summed E-state index contributed by atoms with van der Waals surface area (Å²) in [5.41, 5.74) is 0.781. The highest BCUT2D eigenvalue weighted by atomic mass is 32.1. The second-order valence-corrected chi connectivity index (χ2v) is 5.62. The van der Waals surface area contributed by atoms with E-state index in [0.29, 0.717) is 0 Å². The second kappa shape index (κ2) is 6.87. The van der Waals surface area contributed by atoms with Crippen molar-refractivity contribution in [1.82, 2.24) is 10.2 Å². The molecule has 0 aromatic carbocycles. The first-order valence-corrected chi connectivity index (χ1v) is 7.27. The number of aryl methyl sites for hydroxylation is 1. The SMILES string of the molecule is Cc1cc(C(=O)NCCCN2CCOCC2)cs1. The Morgan fingerprint density at radius 1 is 1.50 bits per heavy atom. The minimum Gasteiger partial charge on any atom is -0.379 e. The Morgan fingerprint density at radius 3 is 2.94 bits per heavy atom. The van der Waals surface area contributed by atoms with E-state index in [1.807, 2.05) is 18.4 Å². The van der Waals surface area contributed by atoms with Gasteiger partial charge in [0.05, 0.1) is 18.8 Å². The molecule has 1 amide bonds. The van der Waals surface area contributed by atoms with Crippen molar-refractivity contribution in [3.8, 4) is 0 Å². The van der Waals surface area contributed by atoms with E-state index in [0.717, 1.165) is 51.4 Å². The number of hydrogen-bond acceptors (Lipinski definition) is 4. The lowest BCUT2D eigenvalue weighted by atomic mass is 10.3. The van der Waals surface area contributed by atoms with Crippen LogP contribution < -0.4 is 5.32 Å². The van der Waals surface area contributed by atoms with Gasteiger partial charge in [-0.2, -0.15) is 0 Å². The number of amides is 1. The smallest absolute Gasteiger partial charge is 0.252 e. The summed E-state index contributed by atoms with van der Waals surface area (Å²) in [6.07, 6.45) is 0.995. The molecule has 1 aliphatic heterocycles. The Hall–Kier alpha value is -0.910. The minimum absolute atomic E-state index is 0.0429. The number of nitrogens with zero attached hydrogens (tertiary/aromatic N) is 1. The standard InChI is InChI=1S/C13H20N2O2S/c1-11-9-12(10-18-11)13(16)14-3-2-4-15-5-7-17-8-6-15/h9-10H,2-8H2,1H3,(H,14,16). The third kappa shape index (κ3) is 4.08. The third-order valence-electron chi connectivity index (χ3n) is 3.03. The molecular weight excluding hydrogens is 248 g/mol. The summed E-state index contributed by atoms with van der Waals surface area (Å²) in [4.78, 5) is 15.3. The van der Waals surface area contributed by atoms with Crippen LogP contribution in [0.15, 0.2) is 11.4 Å². The van der Waals surface area contributed by atoms with Crippen molar-refractivity contribution in [2.75, 3.05) is 39.4 Å². The van der Waals surface area contributed by atoms with Crippen LogP contribution in [0.2, 0.25) is 0 Å². The molecule has 100 valence electrons. The van der Waals surface area contributed by atoms with Gasteiger partial charge in [-0.1, -0.05) is 0 Å². The number of rotatable bonds is 5. The van der Waals surface area contributed by atoms with Crippen LogP contribution in [-0.4, -0.2) is 50.2 Å². The van der Waals surface area contributed by atoms with Crippen LogP contribution >= 0.6 is 11.3 Å². The Labute approximate surface area is 112 Å². The van der Waals surface area contributed by atoms with E-state index in [1.54, 1.807) is 11.3 Å². The van der Waals surface area contributed by atoms with E-state index >= 15 is 0 Å². The van der Waals surface area contributed by atoms with Crippen LogP contribution in [-0.2, 0) is 4.74 Å². The topological polar surface area (TPSA) is 41.6 Å². The fraction of sp³-hybridized carbons (Fsp3) is 0.615. The molecule has 0 radical (unpaired) electrons. The predicted molar refractivity (Wildman–Crippen MR) is 73.3 cm³/mol. The fourth-order valence-electron chi connectivity index (χ4n) is 1.99. The summed E-state index contributed by atoms with van der Waals surface area (Å²) in [6, 6.07) is 1.93. The first-order chi connectivity index (χ1) is 8.75. The van der Waals surface area contributed by atoms with Gasteiger partial charge >= 0.3 is 0 Å². The number of nitrogens with one attached hydrogen (secondary N) is 1. The molecule has 1 aromatic heterocycles.